The van der Waals surface area contributed by atoms with Crippen LogP contribution in [-0.2, 0) is 4.79 Å². The number of carbonyl (C=O) groups is 1. The first-order chi connectivity index (χ1) is 9.97. The van der Waals surface area contributed by atoms with Crippen molar-refractivity contribution < 1.29 is 23.8 Å². The minimum Gasteiger partial charge on any atom is -0.496 e. The molecule has 0 saturated carbocycles. The molecule has 21 heavy (non-hydrogen) atoms. The lowest BCUT2D eigenvalue weighted by Gasteiger charge is -2.19. The van der Waals surface area contributed by atoms with Crippen LogP contribution in [0.1, 0.15) is 36.7 Å². The van der Waals surface area contributed by atoms with Gasteiger partial charge in [-0.25, -0.2) is 4.39 Å². The summed E-state index contributed by atoms with van der Waals surface area (Å²) in [7, 11) is 3.00. The lowest BCUT2D eigenvalue weighted by molar-refractivity contribution is -0.141. The van der Waals surface area contributed by atoms with Gasteiger partial charge < -0.3 is 19.9 Å². The Morgan fingerprint density at radius 2 is 2.05 bits per heavy atom. The number of halogens is 1. The summed E-state index contributed by atoms with van der Waals surface area (Å²) in [4.78, 5) is 11.1. The molecular weight excluding hydrogens is 277 g/mol. The van der Waals surface area contributed by atoms with E-state index in [1.165, 1.54) is 21.1 Å². The number of hydrogen-bond donors (Lipinski definition) is 2. The Morgan fingerprint density at radius 1 is 1.38 bits per heavy atom. The zero-order valence-corrected chi connectivity index (χ0v) is 12.4. The van der Waals surface area contributed by atoms with E-state index < -0.39 is 18.1 Å². The largest absolute Gasteiger partial charge is 0.496 e. The van der Waals surface area contributed by atoms with Crippen LogP contribution in [0, 0.1) is 5.92 Å². The minimum absolute atomic E-state index is 0.140. The van der Waals surface area contributed by atoms with Crippen molar-refractivity contribution >= 4 is 5.97 Å². The van der Waals surface area contributed by atoms with Crippen molar-refractivity contribution in [3.05, 3.63) is 23.3 Å². The molecule has 0 aliphatic carbocycles. The maximum Gasteiger partial charge on any atom is 0.307 e. The first kappa shape index (κ1) is 15.6. The van der Waals surface area contributed by atoms with Crippen LogP contribution in [0.3, 0.4) is 0 Å². The number of nitrogens with one attached hydrogen (secondary N) is 1. The molecule has 0 radical (unpaired) electrons. The summed E-state index contributed by atoms with van der Waals surface area (Å²) in [5.41, 5.74) is 1.22. The first-order valence-corrected chi connectivity index (χ1v) is 6.84. The van der Waals surface area contributed by atoms with Gasteiger partial charge in [0.1, 0.15) is 17.7 Å². The Hall–Kier alpha value is -1.82. The summed E-state index contributed by atoms with van der Waals surface area (Å²) >= 11 is 0. The predicted molar refractivity (Wildman–Crippen MR) is 75.6 cm³/mol. The van der Waals surface area contributed by atoms with Crippen molar-refractivity contribution in [1.82, 2.24) is 5.32 Å². The van der Waals surface area contributed by atoms with Gasteiger partial charge in [-0.3, -0.25) is 4.79 Å². The molecular formula is C15H20FNO4. The molecule has 1 saturated heterocycles. The minimum atomic E-state index is -1.17. The second-order valence-electron chi connectivity index (χ2n) is 5.18. The predicted octanol–water partition coefficient (Wildman–Crippen LogP) is 2.47. The van der Waals surface area contributed by atoms with Gasteiger partial charge in [-0.05, 0) is 25.5 Å². The molecule has 0 bridgehead atoms. The third-order valence-electron chi connectivity index (χ3n) is 3.87. The smallest absolute Gasteiger partial charge is 0.307 e. The molecule has 3 unspecified atom stereocenters. The zero-order chi connectivity index (χ0) is 15.6. The average Bonchev–Trinajstić information content (AvgIpc) is 2.95. The Bertz CT molecular complexity index is 533. The van der Waals surface area contributed by atoms with Crippen molar-refractivity contribution in [2.45, 2.75) is 25.6 Å². The third kappa shape index (κ3) is 3.10. The summed E-state index contributed by atoms with van der Waals surface area (Å²) in [5.74, 6) is -0.254. The molecule has 0 amide bonds. The van der Waals surface area contributed by atoms with E-state index in [9.17, 15) is 9.18 Å². The van der Waals surface area contributed by atoms with Gasteiger partial charge in [0.15, 0.2) is 0 Å². The van der Waals surface area contributed by atoms with Gasteiger partial charge >= 0.3 is 5.97 Å². The van der Waals surface area contributed by atoms with Crippen LogP contribution in [0.4, 0.5) is 4.39 Å². The van der Waals surface area contributed by atoms with E-state index in [-0.39, 0.29) is 6.04 Å². The highest BCUT2D eigenvalue weighted by molar-refractivity contribution is 5.71. The fraction of sp³-hybridized carbons (Fsp3) is 0.533. The number of carboxylic acids is 1. The fourth-order valence-electron chi connectivity index (χ4n) is 2.69. The molecule has 0 aromatic heterocycles. The fourth-order valence-corrected chi connectivity index (χ4v) is 2.69. The molecule has 1 aliphatic rings. The second kappa shape index (κ2) is 6.30. The SMILES string of the molecule is COc1cc(C2CC(C(=O)O)CN2)c(OC)cc1C(C)F. The van der Waals surface area contributed by atoms with Crippen LogP contribution in [0.5, 0.6) is 11.5 Å². The van der Waals surface area contributed by atoms with Crippen molar-refractivity contribution in [3.63, 3.8) is 0 Å². The molecule has 1 aliphatic heterocycles. The van der Waals surface area contributed by atoms with E-state index in [1.807, 2.05) is 0 Å². The summed E-state index contributed by atoms with van der Waals surface area (Å²) in [5, 5.41) is 12.2. The third-order valence-corrected chi connectivity index (χ3v) is 3.87. The van der Waals surface area contributed by atoms with E-state index in [0.717, 1.165) is 5.56 Å². The lowest BCUT2D eigenvalue weighted by atomic mass is 9.96. The Balaban J connectivity index is 2.37. The van der Waals surface area contributed by atoms with Gasteiger partial charge in [-0.15, -0.1) is 0 Å². The van der Waals surface area contributed by atoms with E-state index in [0.29, 0.717) is 30.0 Å². The van der Waals surface area contributed by atoms with Gasteiger partial charge in [0.25, 0.3) is 0 Å². The first-order valence-electron chi connectivity index (χ1n) is 6.84. The van der Waals surface area contributed by atoms with Crippen LogP contribution < -0.4 is 14.8 Å². The highest BCUT2D eigenvalue weighted by Crippen LogP contribution is 2.40. The average molecular weight is 297 g/mol. The van der Waals surface area contributed by atoms with Crippen LogP contribution in [0.2, 0.25) is 0 Å². The molecule has 1 fully saturated rings. The van der Waals surface area contributed by atoms with E-state index in [4.69, 9.17) is 14.6 Å². The second-order valence-corrected chi connectivity index (χ2v) is 5.18. The van der Waals surface area contributed by atoms with Crippen molar-refractivity contribution in [1.29, 1.82) is 0 Å². The summed E-state index contributed by atoms with van der Waals surface area (Å²) in [6.07, 6.45) is -0.703. The van der Waals surface area contributed by atoms with Gasteiger partial charge in [0.2, 0.25) is 0 Å². The highest BCUT2D eigenvalue weighted by Gasteiger charge is 2.32. The number of rotatable bonds is 5. The van der Waals surface area contributed by atoms with Crippen LogP contribution >= 0.6 is 0 Å². The highest BCUT2D eigenvalue weighted by atomic mass is 19.1. The number of carboxylic acid groups (broad SMARTS) is 1. The lowest BCUT2D eigenvalue weighted by Crippen LogP contribution is -2.17. The van der Waals surface area contributed by atoms with E-state index >= 15 is 0 Å². The zero-order valence-electron chi connectivity index (χ0n) is 12.4. The molecule has 2 N–H and O–H groups in total. The molecule has 0 spiro atoms. The Morgan fingerprint density at radius 3 is 2.52 bits per heavy atom. The van der Waals surface area contributed by atoms with Crippen LogP contribution in [0.15, 0.2) is 12.1 Å². The van der Waals surface area contributed by atoms with Gasteiger partial charge in [0.05, 0.1) is 20.1 Å². The maximum absolute atomic E-state index is 13.6. The van der Waals surface area contributed by atoms with Gasteiger partial charge in [-0.1, -0.05) is 0 Å². The molecule has 1 aromatic carbocycles. The molecule has 5 nitrogen and oxygen atoms in total. The monoisotopic (exact) mass is 297 g/mol. The van der Waals surface area contributed by atoms with Crippen LogP contribution in [0.25, 0.3) is 0 Å². The van der Waals surface area contributed by atoms with Crippen molar-refractivity contribution in [3.8, 4) is 11.5 Å². The number of benzene rings is 1. The molecule has 116 valence electrons. The van der Waals surface area contributed by atoms with E-state index in [2.05, 4.69) is 5.32 Å². The molecule has 1 heterocycles. The Kier molecular flexibility index (Phi) is 4.67. The number of methoxy groups -OCH3 is 2. The van der Waals surface area contributed by atoms with Gasteiger partial charge in [-0.2, -0.15) is 0 Å². The number of hydrogen-bond acceptors (Lipinski definition) is 4. The normalized spacial score (nSPS) is 22.9. The summed E-state index contributed by atoms with van der Waals surface area (Å²) in [6.45, 7) is 1.85. The standard InChI is InChI=1S/C15H20FNO4/c1-8(16)10-5-14(21-3)11(6-13(10)20-2)12-4-9(7-17-12)15(18)19/h5-6,8-9,12,17H,4,7H2,1-3H3,(H,18,19). The summed E-state index contributed by atoms with van der Waals surface area (Å²) in [6, 6.07) is 3.21. The quantitative estimate of drug-likeness (QED) is 0.874. The molecule has 2 rings (SSSR count). The van der Waals surface area contributed by atoms with Crippen molar-refractivity contribution in [2.75, 3.05) is 20.8 Å². The van der Waals surface area contributed by atoms with Gasteiger partial charge in [0, 0.05) is 23.7 Å². The Labute approximate surface area is 123 Å². The maximum atomic E-state index is 13.6. The number of ether oxygens (including phenoxy) is 2. The van der Waals surface area contributed by atoms with E-state index in [1.54, 1.807) is 12.1 Å². The topological polar surface area (TPSA) is 67.8 Å². The number of aliphatic carboxylic acids is 1. The number of alkyl halides is 1. The summed E-state index contributed by atoms with van der Waals surface area (Å²) < 4.78 is 24.2. The van der Waals surface area contributed by atoms with Crippen LogP contribution in [-0.4, -0.2) is 31.8 Å². The molecule has 6 heteroatoms. The molecule has 1 aromatic rings. The van der Waals surface area contributed by atoms with Crippen molar-refractivity contribution in [2.24, 2.45) is 5.92 Å². The molecule has 3 atom stereocenters.